The maximum atomic E-state index is 8.93. The van der Waals surface area contributed by atoms with Gasteiger partial charge in [-0.15, -0.1) is 0 Å². The van der Waals surface area contributed by atoms with Gasteiger partial charge in [0.05, 0.1) is 11.3 Å². The van der Waals surface area contributed by atoms with Crippen LogP contribution in [0.3, 0.4) is 0 Å². The molecule has 0 heterocycles. The molecule has 0 aromatic heterocycles. The summed E-state index contributed by atoms with van der Waals surface area (Å²) >= 11 is 0. The van der Waals surface area contributed by atoms with Crippen LogP contribution in [0.25, 0.3) is 10.8 Å². The molecule has 0 unspecified atom stereocenters. The van der Waals surface area contributed by atoms with Gasteiger partial charge >= 0.3 is 0 Å². The van der Waals surface area contributed by atoms with Crippen LogP contribution in [0.5, 0.6) is 0 Å². The van der Waals surface area contributed by atoms with E-state index in [1.807, 2.05) is 12.1 Å². The van der Waals surface area contributed by atoms with E-state index in [1.54, 1.807) is 0 Å². The molecule has 2 aromatic carbocycles. The summed E-state index contributed by atoms with van der Waals surface area (Å²) in [6.07, 6.45) is 0. The highest BCUT2D eigenvalue weighted by molar-refractivity contribution is 5.88. The first-order valence-corrected chi connectivity index (χ1v) is 5.35. The summed E-state index contributed by atoms with van der Waals surface area (Å²) in [5.74, 6) is 0.493. The van der Waals surface area contributed by atoms with E-state index in [-0.39, 0.29) is 0 Å². The van der Waals surface area contributed by atoms with Crippen molar-refractivity contribution in [3.05, 3.63) is 41.5 Å². The number of nitrogens with two attached hydrogens (primary N) is 1. The lowest BCUT2D eigenvalue weighted by molar-refractivity contribution is 0.869. The molecular formula is C14H14N2. The van der Waals surface area contributed by atoms with Gasteiger partial charge in [0.2, 0.25) is 0 Å². The lowest BCUT2D eigenvalue weighted by Crippen LogP contribution is -1.92. The third-order valence-electron chi connectivity index (χ3n) is 2.82. The van der Waals surface area contributed by atoms with Crippen molar-refractivity contribution < 1.29 is 0 Å². The Labute approximate surface area is 95.3 Å². The standard InChI is InChI=1S/C14H14N2/c1-9(2)10-3-4-11-7-14(16)13(8-15)6-12(11)5-10/h3-7,9H,16H2,1-2H3. The van der Waals surface area contributed by atoms with Crippen LogP contribution in [0, 0.1) is 11.3 Å². The van der Waals surface area contributed by atoms with Gasteiger partial charge < -0.3 is 5.73 Å². The van der Waals surface area contributed by atoms with E-state index < -0.39 is 0 Å². The fourth-order valence-corrected chi connectivity index (χ4v) is 1.79. The SMILES string of the molecule is CC(C)c1ccc2cc(N)c(C#N)cc2c1. The number of nitrogens with zero attached hydrogens (tertiary/aromatic N) is 1. The first-order chi connectivity index (χ1) is 7.61. The summed E-state index contributed by atoms with van der Waals surface area (Å²) in [5, 5.41) is 11.1. The van der Waals surface area contributed by atoms with Crippen LogP contribution in [-0.2, 0) is 0 Å². The Kier molecular flexibility index (Phi) is 2.54. The van der Waals surface area contributed by atoms with Crippen molar-refractivity contribution in [1.29, 1.82) is 5.26 Å². The zero-order chi connectivity index (χ0) is 11.7. The predicted molar refractivity (Wildman–Crippen MR) is 67.2 cm³/mol. The average Bonchev–Trinajstić information content (AvgIpc) is 2.27. The zero-order valence-corrected chi connectivity index (χ0v) is 9.49. The summed E-state index contributed by atoms with van der Waals surface area (Å²) in [6, 6.07) is 12.1. The number of benzene rings is 2. The Morgan fingerprint density at radius 1 is 1.12 bits per heavy atom. The van der Waals surface area contributed by atoms with Crippen molar-refractivity contribution in [1.82, 2.24) is 0 Å². The Hall–Kier alpha value is -2.01. The number of anilines is 1. The van der Waals surface area contributed by atoms with Crippen molar-refractivity contribution >= 4 is 16.5 Å². The minimum atomic E-state index is 0.493. The normalized spacial score (nSPS) is 10.6. The summed E-state index contributed by atoms with van der Waals surface area (Å²) < 4.78 is 0. The number of fused-ring (bicyclic) bond motifs is 1. The fourth-order valence-electron chi connectivity index (χ4n) is 1.79. The molecule has 2 rings (SSSR count). The Morgan fingerprint density at radius 2 is 1.88 bits per heavy atom. The van der Waals surface area contributed by atoms with Gasteiger partial charge in [-0.3, -0.25) is 0 Å². The minimum absolute atomic E-state index is 0.493. The average molecular weight is 210 g/mol. The molecule has 0 fully saturated rings. The van der Waals surface area contributed by atoms with Crippen LogP contribution in [0.15, 0.2) is 30.3 Å². The van der Waals surface area contributed by atoms with Gasteiger partial charge in [-0.05, 0) is 34.4 Å². The Balaban J connectivity index is 2.69. The van der Waals surface area contributed by atoms with Crippen molar-refractivity contribution in [3.63, 3.8) is 0 Å². The van der Waals surface area contributed by atoms with Crippen LogP contribution >= 0.6 is 0 Å². The lowest BCUT2D eigenvalue weighted by Gasteiger charge is -2.08. The molecule has 0 saturated heterocycles. The van der Waals surface area contributed by atoms with Crippen LogP contribution < -0.4 is 5.73 Å². The number of nitriles is 1. The van der Waals surface area contributed by atoms with Crippen LogP contribution in [0.4, 0.5) is 5.69 Å². The molecule has 0 saturated carbocycles. The molecule has 0 aliphatic rings. The smallest absolute Gasteiger partial charge is 0.101 e. The maximum absolute atomic E-state index is 8.93. The van der Waals surface area contributed by atoms with Crippen molar-refractivity contribution in [2.75, 3.05) is 5.73 Å². The fraction of sp³-hybridized carbons (Fsp3) is 0.214. The van der Waals surface area contributed by atoms with E-state index in [2.05, 4.69) is 38.1 Å². The monoisotopic (exact) mass is 210 g/mol. The minimum Gasteiger partial charge on any atom is -0.398 e. The van der Waals surface area contributed by atoms with Crippen LogP contribution in [0.2, 0.25) is 0 Å². The Morgan fingerprint density at radius 3 is 2.50 bits per heavy atom. The van der Waals surface area contributed by atoms with Crippen molar-refractivity contribution in [3.8, 4) is 6.07 Å². The summed E-state index contributed by atoms with van der Waals surface area (Å²) in [6.45, 7) is 4.31. The molecule has 0 spiro atoms. The molecule has 0 amide bonds. The van der Waals surface area contributed by atoms with Gasteiger partial charge in [-0.2, -0.15) is 5.26 Å². The molecule has 0 aliphatic heterocycles. The third kappa shape index (κ3) is 1.72. The van der Waals surface area contributed by atoms with E-state index in [0.29, 0.717) is 17.2 Å². The lowest BCUT2D eigenvalue weighted by atomic mass is 9.98. The summed E-state index contributed by atoms with van der Waals surface area (Å²) in [5.41, 5.74) is 8.15. The summed E-state index contributed by atoms with van der Waals surface area (Å²) in [4.78, 5) is 0. The molecular weight excluding hydrogens is 196 g/mol. The number of nitrogen functional groups attached to an aromatic ring is 1. The summed E-state index contributed by atoms with van der Waals surface area (Å²) in [7, 11) is 0. The van der Waals surface area contributed by atoms with Crippen LogP contribution in [-0.4, -0.2) is 0 Å². The number of hydrogen-bond donors (Lipinski definition) is 1. The van der Waals surface area contributed by atoms with Crippen molar-refractivity contribution in [2.24, 2.45) is 0 Å². The first-order valence-electron chi connectivity index (χ1n) is 5.35. The largest absolute Gasteiger partial charge is 0.398 e. The molecule has 0 atom stereocenters. The zero-order valence-electron chi connectivity index (χ0n) is 9.49. The Bertz CT molecular complexity index is 577. The van der Waals surface area contributed by atoms with E-state index in [4.69, 9.17) is 11.0 Å². The molecule has 16 heavy (non-hydrogen) atoms. The van der Waals surface area contributed by atoms with Crippen molar-refractivity contribution in [2.45, 2.75) is 19.8 Å². The second-order valence-electron chi connectivity index (χ2n) is 4.31. The molecule has 2 aromatic rings. The topological polar surface area (TPSA) is 49.8 Å². The van der Waals surface area contributed by atoms with E-state index >= 15 is 0 Å². The highest BCUT2D eigenvalue weighted by atomic mass is 14.6. The molecule has 80 valence electrons. The second-order valence-corrected chi connectivity index (χ2v) is 4.31. The molecule has 0 radical (unpaired) electrons. The number of hydrogen-bond acceptors (Lipinski definition) is 2. The van der Waals surface area contributed by atoms with E-state index in [1.165, 1.54) is 5.56 Å². The molecule has 2 nitrogen and oxygen atoms in total. The highest BCUT2D eigenvalue weighted by Gasteiger charge is 2.04. The highest BCUT2D eigenvalue weighted by Crippen LogP contribution is 2.25. The van der Waals surface area contributed by atoms with E-state index in [0.717, 1.165) is 10.8 Å². The molecule has 0 bridgehead atoms. The maximum Gasteiger partial charge on any atom is 0.101 e. The molecule has 0 aliphatic carbocycles. The second kappa shape index (κ2) is 3.86. The van der Waals surface area contributed by atoms with Gasteiger partial charge in [0.25, 0.3) is 0 Å². The van der Waals surface area contributed by atoms with Gasteiger partial charge in [-0.1, -0.05) is 32.0 Å². The van der Waals surface area contributed by atoms with Gasteiger partial charge in [-0.25, -0.2) is 0 Å². The van der Waals surface area contributed by atoms with Gasteiger partial charge in [0.1, 0.15) is 6.07 Å². The quantitative estimate of drug-likeness (QED) is 0.733. The van der Waals surface area contributed by atoms with Gasteiger partial charge in [0, 0.05) is 0 Å². The third-order valence-corrected chi connectivity index (χ3v) is 2.82. The molecule has 2 N–H and O–H groups in total. The predicted octanol–water partition coefficient (Wildman–Crippen LogP) is 3.42. The van der Waals surface area contributed by atoms with E-state index in [9.17, 15) is 0 Å². The number of rotatable bonds is 1. The molecule has 2 heteroatoms. The van der Waals surface area contributed by atoms with Crippen LogP contribution in [0.1, 0.15) is 30.9 Å². The first kappa shape index (κ1) is 10.5. The van der Waals surface area contributed by atoms with Gasteiger partial charge in [0.15, 0.2) is 0 Å².